The van der Waals surface area contributed by atoms with Crippen LogP contribution in [0.1, 0.15) is 19.4 Å². The first-order chi connectivity index (χ1) is 11.0. The third-order valence-corrected chi connectivity index (χ3v) is 5.00. The predicted molar refractivity (Wildman–Crippen MR) is 89.0 cm³/mol. The van der Waals surface area contributed by atoms with Crippen LogP contribution in [-0.4, -0.2) is 53.3 Å². The number of halogens is 1. The van der Waals surface area contributed by atoms with Gasteiger partial charge in [-0.15, -0.1) is 0 Å². The van der Waals surface area contributed by atoms with Gasteiger partial charge in [0.2, 0.25) is 11.8 Å². The topological polar surface area (TPSA) is 52.7 Å². The fourth-order valence-electron chi connectivity index (χ4n) is 3.28. The van der Waals surface area contributed by atoms with E-state index in [1.807, 2.05) is 38.1 Å². The zero-order chi connectivity index (χ0) is 16.6. The maximum Gasteiger partial charge on any atom is 0.246 e. The molecule has 1 N–H and O–H groups in total. The van der Waals surface area contributed by atoms with Crippen molar-refractivity contribution in [3.05, 3.63) is 34.9 Å². The number of piperazine rings is 2. The van der Waals surface area contributed by atoms with Crippen LogP contribution in [0.2, 0.25) is 5.02 Å². The second-order valence-electron chi connectivity index (χ2n) is 6.60. The lowest BCUT2D eigenvalue weighted by atomic mass is 9.96. The number of nitrogens with zero attached hydrogens (tertiary/aromatic N) is 2. The van der Waals surface area contributed by atoms with Gasteiger partial charge in [0, 0.05) is 31.2 Å². The van der Waals surface area contributed by atoms with Crippen LogP contribution in [-0.2, 0) is 16.1 Å². The number of fused-ring (bicyclic) bond motifs is 1. The molecule has 23 heavy (non-hydrogen) atoms. The van der Waals surface area contributed by atoms with Crippen molar-refractivity contribution >= 4 is 23.4 Å². The first-order valence-corrected chi connectivity index (χ1v) is 8.42. The molecule has 0 unspecified atom stereocenters. The van der Waals surface area contributed by atoms with Gasteiger partial charge in [-0.1, -0.05) is 43.6 Å². The van der Waals surface area contributed by atoms with Crippen LogP contribution in [0, 0.1) is 5.92 Å². The molecular weight excluding hydrogens is 314 g/mol. The number of benzene rings is 1. The molecule has 5 nitrogen and oxygen atoms in total. The highest BCUT2D eigenvalue weighted by Gasteiger charge is 2.44. The molecule has 3 rings (SSSR count). The van der Waals surface area contributed by atoms with Crippen molar-refractivity contribution in [3.8, 4) is 0 Å². The molecule has 2 aliphatic rings. The second kappa shape index (κ2) is 6.49. The van der Waals surface area contributed by atoms with Crippen LogP contribution in [0.4, 0.5) is 0 Å². The Morgan fingerprint density at radius 2 is 2.00 bits per heavy atom. The molecule has 2 aliphatic heterocycles. The lowest BCUT2D eigenvalue weighted by Gasteiger charge is -2.46. The Bertz CT molecular complexity index is 620. The Morgan fingerprint density at radius 3 is 2.70 bits per heavy atom. The molecule has 0 spiro atoms. The van der Waals surface area contributed by atoms with E-state index in [0.29, 0.717) is 19.6 Å². The van der Waals surface area contributed by atoms with Crippen LogP contribution < -0.4 is 5.32 Å². The monoisotopic (exact) mass is 335 g/mol. The minimum absolute atomic E-state index is 0.0435. The van der Waals surface area contributed by atoms with Crippen LogP contribution >= 0.6 is 11.6 Å². The predicted octanol–water partition coefficient (Wildman–Crippen LogP) is 1.51. The Hall–Kier alpha value is -1.59. The van der Waals surface area contributed by atoms with Crippen molar-refractivity contribution < 1.29 is 9.59 Å². The van der Waals surface area contributed by atoms with E-state index in [0.717, 1.165) is 17.1 Å². The molecule has 0 bridgehead atoms. The number of carbonyl (C=O) groups is 2. The maximum absolute atomic E-state index is 12.5. The number of hydrogen-bond acceptors (Lipinski definition) is 3. The molecule has 0 aliphatic carbocycles. The molecule has 2 saturated heterocycles. The molecule has 2 fully saturated rings. The number of rotatable bonds is 3. The highest BCUT2D eigenvalue weighted by molar-refractivity contribution is 6.31. The Balaban J connectivity index is 1.70. The van der Waals surface area contributed by atoms with Gasteiger partial charge in [0.1, 0.15) is 12.1 Å². The fraction of sp³-hybridized carbons (Fsp3) is 0.529. The van der Waals surface area contributed by atoms with E-state index < -0.39 is 12.1 Å². The van der Waals surface area contributed by atoms with Crippen molar-refractivity contribution in [1.29, 1.82) is 0 Å². The second-order valence-corrected chi connectivity index (χ2v) is 7.01. The van der Waals surface area contributed by atoms with Gasteiger partial charge in [-0.2, -0.15) is 0 Å². The minimum Gasteiger partial charge on any atom is -0.342 e. The summed E-state index contributed by atoms with van der Waals surface area (Å²) in [6.45, 7) is 6.50. The largest absolute Gasteiger partial charge is 0.342 e. The number of hydrogen-bond donors (Lipinski definition) is 1. The molecule has 1 aromatic rings. The van der Waals surface area contributed by atoms with Crippen LogP contribution in [0.15, 0.2) is 24.3 Å². The average Bonchev–Trinajstić information content (AvgIpc) is 2.53. The van der Waals surface area contributed by atoms with E-state index in [2.05, 4.69) is 10.2 Å². The van der Waals surface area contributed by atoms with Crippen molar-refractivity contribution in [2.24, 2.45) is 5.92 Å². The number of carbonyl (C=O) groups excluding carboxylic acids is 2. The lowest BCUT2D eigenvalue weighted by molar-refractivity contribution is -0.154. The fourth-order valence-corrected chi connectivity index (χ4v) is 3.48. The van der Waals surface area contributed by atoms with Gasteiger partial charge < -0.3 is 10.2 Å². The van der Waals surface area contributed by atoms with Gasteiger partial charge in [-0.25, -0.2) is 0 Å². The third kappa shape index (κ3) is 3.21. The van der Waals surface area contributed by atoms with Crippen molar-refractivity contribution in [2.45, 2.75) is 32.5 Å². The molecule has 2 amide bonds. The molecule has 0 saturated carbocycles. The number of nitrogens with one attached hydrogen (secondary N) is 1. The number of amides is 2. The molecule has 124 valence electrons. The quantitative estimate of drug-likeness (QED) is 0.911. The summed E-state index contributed by atoms with van der Waals surface area (Å²) in [6.07, 6.45) is 0. The highest BCUT2D eigenvalue weighted by Crippen LogP contribution is 2.22. The smallest absolute Gasteiger partial charge is 0.246 e. The summed E-state index contributed by atoms with van der Waals surface area (Å²) in [4.78, 5) is 28.9. The van der Waals surface area contributed by atoms with Gasteiger partial charge >= 0.3 is 0 Å². The first-order valence-electron chi connectivity index (χ1n) is 8.04. The van der Waals surface area contributed by atoms with Crippen molar-refractivity contribution in [3.63, 3.8) is 0 Å². The highest BCUT2D eigenvalue weighted by atomic mass is 35.5. The van der Waals surface area contributed by atoms with Crippen LogP contribution in [0.5, 0.6) is 0 Å². The van der Waals surface area contributed by atoms with E-state index in [4.69, 9.17) is 11.6 Å². The third-order valence-electron chi connectivity index (χ3n) is 4.63. The molecule has 1 aromatic carbocycles. The van der Waals surface area contributed by atoms with Gasteiger partial charge in [0.25, 0.3) is 0 Å². The molecule has 0 aromatic heterocycles. The van der Waals surface area contributed by atoms with E-state index >= 15 is 0 Å². The summed E-state index contributed by atoms with van der Waals surface area (Å²) < 4.78 is 0. The first kappa shape index (κ1) is 16.3. The van der Waals surface area contributed by atoms with E-state index in [-0.39, 0.29) is 17.7 Å². The molecular formula is C17H22ClN3O2. The van der Waals surface area contributed by atoms with Crippen LogP contribution in [0.3, 0.4) is 0 Å². The van der Waals surface area contributed by atoms with Crippen molar-refractivity contribution in [2.75, 3.05) is 19.6 Å². The molecule has 6 heteroatoms. The standard InChI is InChI=1S/C17H22ClN3O2/c1-11(2)15-17(23)21-8-7-20(10-14(21)16(22)19-15)9-12-5-3-4-6-13(12)18/h3-6,11,14-15H,7-10H2,1-2H3,(H,19,22)/t14-,15-/m1/s1. The molecule has 2 heterocycles. The normalized spacial score (nSPS) is 25.5. The van der Waals surface area contributed by atoms with Gasteiger partial charge in [0.05, 0.1) is 0 Å². The maximum atomic E-state index is 12.5. The van der Waals surface area contributed by atoms with E-state index in [1.54, 1.807) is 4.90 Å². The SMILES string of the molecule is CC(C)[C@H]1NC(=O)[C@H]2CN(Cc3ccccc3Cl)CCN2C1=O. The zero-order valence-corrected chi connectivity index (χ0v) is 14.2. The summed E-state index contributed by atoms with van der Waals surface area (Å²) in [6, 6.07) is 6.94. The molecule has 0 radical (unpaired) electrons. The Labute approximate surface area is 141 Å². The minimum atomic E-state index is -0.395. The Morgan fingerprint density at radius 1 is 1.26 bits per heavy atom. The van der Waals surface area contributed by atoms with Crippen LogP contribution in [0.25, 0.3) is 0 Å². The lowest BCUT2D eigenvalue weighted by Crippen LogP contribution is -2.70. The summed E-state index contributed by atoms with van der Waals surface area (Å²) in [5.74, 6) is 0.0997. The van der Waals surface area contributed by atoms with Crippen molar-refractivity contribution in [1.82, 2.24) is 15.1 Å². The van der Waals surface area contributed by atoms with Gasteiger partial charge in [-0.05, 0) is 17.5 Å². The zero-order valence-electron chi connectivity index (χ0n) is 13.5. The Kier molecular flexibility index (Phi) is 4.60. The van der Waals surface area contributed by atoms with Gasteiger partial charge in [-0.3, -0.25) is 14.5 Å². The average molecular weight is 336 g/mol. The van der Waals surface area contributed by atoms with E-state index in [1.165, 1.54) is 0 Å². The molecule has 2 atom stereocenters. The summed E-state index contributed by atoms with van der Waals surface area (Å²) >= 11 is 6.22. The summed E-state index contributed by atoms with van der Waals surface area (Å²) in [5.41, 5.74) is 1.05. The van der Waals surface area contributed by atoms with Gasteiger partial charge in [0.15, 0.2) is 0 Å². The van der Waals surface area contributed by atoms with E-state index in [9.17, 15) is 9.59 Å². The summed E-state index contributed by atoms with van der Waals surface area (Å²) in [5, 5.41) is 3.61. The summed E-state index contributed by atoms with van der Waals surface area (Å²) in [7, 11) is 0.